The second-order valence-corrected chi connectivity index (χ2v) is 6.90. The van der Waals surface area contributed by atoms with Crippen molar-refractivity contribution < 1.29 is 9.15 Å². The largest absolute Gasteiger partial charge is 0.444 e. The number of rotatable bonds is 8. The quantitative estimate of drug-likeness (QED) is 0.535. The van der Waals surface area contributed by atoms with Gasteiger partial charge in [-0.05, 0) is 26.0 Å². The summed E-state index contributed by atoms with van der Waals surface area (Å²) >= 11 is 0. The highest BCUT2D eigenvalue weighted by Crippen LogP contribution is 2.19. The van der Waals surface area contributed by atoms with Gasteiger partial charge >= 0.3 is 0 Å². The van der Waals surface area contributed by atoms with Crippen LogP contribution >= 0.6 is 0 Å². The number of oxazole rings is 1. The molecule has 2 heterocycles. The standard InChI is InChI=1S/C21H31N5O2/c1-3-22-21(24-10-11-26-12-14-27-15-13-26)23-9-8-19-16-28-20(25-19)18-6-4-17(2)5-7-18/h4-7,16H,3,8-15H2,1-2H3,(H2,22,23,24). The van der Waals surface area contributed by atoms with Crippen LogP contribution in [0.4, 0.5) is 0 Å². The molecule has 1 aromatic heterocycles. The van der Waals surface area contributed by atoms with Gasteiger partial charge in [-0.15, -0.1) is 0 Å². The molecule has 0 bridgehead atoms. The van der Waals surface area contributed by atoms with Crippen molar-refractivity contribution >= 4 is 5.96 Å². The SMILES string of the molecule is CCNC(=NCCN1CCOCC1)NCCc1coc(-c2ccc(C)cc2)n1. The number of nitrogens with one attached hydrogen (secondary N) is 2. The van der Waals surface area contributed by atoms with Gasteiger partial charge in [-0.25, -0.2) is 4.98 Å². The molecule has 1 saturated heterocycles. The van der Waals surface area contributed by atoms with E-state index in [0.29, 0.717) is 5.89 Å². The van der Waals surface area contributed by atoms with Crippen molar-refractivity contribution in [3.63, 3.8) is 0 Å². The van der Waals surface area contributed by atoms with Crippen molar-refractivity contribution in [1.82, 2.24) is 20.5 Å². The molecule has 2 aromatic rings. The van der Waals surface area contributed by atoms with Crippen molar-refractivity contribution in [2.75, 3.05) is 52.5 Å². The van der Waals surface area contributed by atoms with Gasteiger partial charge in [-0.3, -0.25) is 9.89 Å². The molecule has 1 aliphatic heterocycles. The van der Waals surface area contributed by atoms with E-state index in [0.717, 1.165) is 76.1 Å². The third-order valence-corrected chi connectivity index (χ3v) is 4.66. The van der Waals surface area contributed by atoms with Crippen molar-refractivity contribution in [3.05, 3.63) is 41.8 Å². The Hall–Kier alpha value is -2.38. The van der Waals surface area contributed by atoms with Crippen LogP contribution in [-0.2, 0) is 11.2 Å². The van der Waals surface area contributed by atoms with E-state index in [1.165, 1.54) is 5.56 Å². The summed E-state index contributed by atoms with van der Waals surface area (Å²) in [4.78, 5) is 11.6. The van der Waals surface area contributed by atoms with Crippen molar-refractivity contribution in [2.45, 2.75) is 20.3 Å². The molecule has 7 heteroatoms. The minimum absolute atomic E-state index is 0.668. The molecule has 1 aromatic carbocycles. The lowest BCUT2D eigenvalue weighted by Gasteiger charge is -2.25. The normalized spacial score (nSPS) is 15.6. The Bertz CT molecular complexity index is 736. The molecule has 1 aliphatic rings. The summed E-state index contributed by atoms with van der Waals surface area (Å²) in [6.07, 6.45) is 2.52. The van der Waals surface area contributed by atoms with E-state index in [2.05, 4.69) is 51.5 Å². The van der Waals surface area contributed by atoms with E-state index in [1.807, 2.05) is 12.1 Å². The molecule has 7 nitrogen and oxygen atoms in total. The van der Waals surface area contributed by atoms with Gasteiger partial charge in [0.1, 0.15) is 6.26 Å². The first-order valence-corrected chi connectivity index (χ1v) is 10.1. The van der Waals surface area contributed by atoms with E-state index in [9.17, 15) is 0 Å². The van der Waals surface area contributed by atoms with E-state index in [-0.39, 0.29) is 0 Å². The van der Waals surface area contributed by atoms with E-state index >= 15 is 0 Å². The Kier molecular flexibility index (Phi) is 7.87. The van der Waals surface area contributed by atoms with Crippen molar-refractivity contribution in [2.24, 2.45) is 4.99 Å². The number of aliphatic imine (C=N–C) groups is 1. The van der Waals surface area contributed by atoms with Crippen LogP contribution < -0.4 is 10.6 Å². The monoisotopic (exact) mass is 385 g/mol. The van der Waals surface area contributed by atoms with Crippen LogP contribution in [0.2, 0.25) is 0 Å². The molecule has 152 valence electrons. The minimum Gasteiger partial charge on any atom is -0.444 e. The average Bonchev–Trinajstić information content (AvgIpc) is 3.18. The summed E-state index contributed by atoms with van der Waals surface area (Å²) < 4.78 is 11.0. The zero-order chi connectivity index (χ0) is 19.6. The first kappa shape index (κ1) is 20.4. The van der Waals surface area contributed by atoms with Crippen LogP contribution in [0.1, 0.15) is 18.2 Å². The second-order valence-electron chi connectivity index (χ2n) is 6.90. The maximum atomic E-state index is 5.63. The zero-order valence-electron chi connectivity index (χ0n) is 16.9. The van der Waals surface area contributed by atoms with Gasteiger partial charge in [-0.1, -0.05) is 17.7 Å². The summed E-state index contributed by atoms with van der Waals surface area (Å²) in [6.45, 7) is 11.1. The number of ether oxygens (including phenoxy) is 1. The Morgan fingerprint density at radius 2 is 1.96 bits per heavy atom. The molecular formula is C21H31N5O2. The third-order valence-electron chi connectivity index (χ3n) is 4.66. The number of benzene rings is 1. The molecule has 0 radical (unpaired) electrons. The topological polar surface area (TPSA) is 74.9 Å². The van der Waals surface area contributed by atoms with Crippen molar-refractivity contribution in [1.29, 1.82) is 0 Å². The fourth-order valence-corrected chi connectivity index (χ4v) is 3.03. The fourth-order valence-electron chi connectivity index (χ4n) is 3.03. The maximum Gasteiger partial charge on any atom is 0.226 e. The predicted octanol–water partition coefficient (Wildman–Crippen LogP) is 2.08. The first-order valence-electron chi connectivity index (χ1n) is 10.1. The van der Waals surface area contributed by atoms with Crippen LogP contribution in [0, 0.1) is 6.92 Å². The van der Waals surface area contributed by atoms with Crippen LogP contribution in [0.5, 0.6) is 0 Å². The van der Waals surface area contributed by atoms with Gasteiger partial charge in [0.05, 0.1) is 25.5 Å². The molecular weight excluding hydrogens is 354 g/mol. The number of hydrogen-bond donors (Lipinski definition) is 2. The average molecular weight is 386 g/mol. The third kappa shape index (κ3) is 6.35. The highest BCUT2D eigenvalue weighted by molar-refractivity contribution is 5.79. The second kappa shape index (κ2) is 10.8. The summed E-state index contributed by atoms with van der Waals surface area (Å²) in [5.74, 6) is 1.51. The Balaban J connectivity index is 1.44. The van der Waals surface area contributed by atoms with Gasteiger partial charge in [0.15, 0.2) is 5.96 Å². The molecule has 3 rings (SSSR count). The molecule has 0 atom stereocenters. The maximum absolute atomic E-state index is 5.63. The zero-order valence-corrected chi connectivity index (χ0v) is 16.9. The highest BCUT2D eigenvalue weighted by atomic mass is 16.5. The molecule has 0 spiro atoms. The van der Waals surface area contributed by atoms with Gasteiger partial charge in [-0.2, -0.15) is 0 Å². The molecule has 28 heavy (non-hydrogen) atoms. The Morgan fingerprint density at radius 1 is 1.18 bits per heavy atom. The van der Waals surface area contributed by atoms with Crippen LogP contribution in [-0.4, -0.2) is 68.3 Å². The number of hydrogen-bond acceptors (Lipinski definition) is 5. The smallest absolute Gasteiger partial charge is 0.226 e. The van der Waals surface area contributed by atoms with Crippen LogP contribution in [0.25, 0.3) is 11.5 Å². The molecule has 0 amide bonds. The van der Waals surface area contributed by atoms with Gasteiger partial charge in [0.25, 0.3) is 0 Å². The van der Waals surface area contributed by atoms with Crippen LogP contribution in [0.3, 0.4) is 0 Å². The Morgan fingerprint density at radius 3 is 2.71 bits per heavy atom. The highest BCUT2D eigenvalue weighted by Gasteiger charge is 2.10. The van der Waals surface area contributed by atoms with Gasteiger partial charge < -0.3 is 19.8 Å². The van der Waals surface area contributed by atoms with Gasteiger partial charge in [0, 0.05) is 44.7 Å². The number of guanidine groups is 1. The summed E-state index contributed by atoms with van der Waals surface area (Å²) in [5, 5.41) is 6.67. The van der Waals surface area contributed by atoms with E-state index in [4.69, 9.17) is 9.15 Å². The van der Waals surface area contributed by atoms with Crippen LogP contribution in [0.15, 0.2) is 39.9 Å². The predicted molar refractivity (Wildman–Crippen MR) is 112 cm³/mol. The molecule has 1 fully saturated rings. The van der Waals surface area contributed by atoms with E-state index in [1.54, 1.807) is 6.26 Å². The Labute approximate surface area is 167 Å². The molecule has 0 unspecified atom stereocenters. The fraction of sp³-hybridized carbons (Fsp3) is 0.524. The molecule has 0 aliphatic carbocycles. The summed E-state index contributed by atoms with van der Waals surface area (Å²) in [6, 6.07) is 8.20. The number of aromatic nitrogens is 1. The number of nitrogens with zero attached hydrogens (tertiary/aromatic N) is 3. The summed E-state index contributed by atoms with van der Waals surface area (Å²) in [5.41, 5.74) is 3.17. The number of morpholine rings is 1. The molecule has 0 saturated carbocycles. The lowest BCUT2D eigenvalue weighted by molar-refractivity contribution is 0.0394. The van der Waals surface area contributed by atoms with Gasteiger partial charge in [0.2, 0.25) is 5.89 Å². The number of aryl methyl sites for hydroxylation is 1. The lowest BCUT2D eigenvalue weighted by Crippen LogP contribution is -2.40. The first-order chi connectivity index (χ1) is 13.7. The molecule has 2 N–H and O–H groups in total. The summed E-state index contributed by atoms with van der Waals surface area (Å²) in [7, 11) is 0. The van der Waals surface area contributed by atoms with E-state index < -0.39 is 0 Å². The minimum atomic E-state index is 0.668. The van der Waals surface area contributed by atoms with Crippen molar-refractivity contribution in [3.8, 4) is 11.5 Å². The lowest BCUT2D eigenvalue weighted by atomic mass is 10.1.